The Kier molecular flexibility index (Phi) is 6.06. The fraction of sp³-hybridized carbons (Fsp3) is 0.200. The van der Waals surface area contributed by atoms with Crippen LogP contribution in [0, 0.1) is 11.6 Å². The second kappa shape index (κ2) is 9.05. The number of hydrogen-bond donors (Lipinski definition) is 1. The van der Waals surface area contributed by atoms with Gasteiger partial charge in [0.05, 0.1) is 19.3 Å². The summed E-state index contributed by atoms with van der Waals surface area (Å²) >= 11 is 7.24. The Morgan fingerprint density at radius 1 is 1.14 bits per heavy atom. The van der Waals surface area contributed by atoms with E-state index in [2.05, 4.69) is 5.32 Å². The largest absolute Gasteiger partial charge is 0.497 e. The highest BCUT2D eigenvalue weighted by Crippen LogP contribution is 2.55. The van der Waals surface area contributed by atoms with Crippen LogP contribution in [-0.2, 0) is 16.2 Å². The van der Waals surface area contributed by atoms with E-state index in [-0.39, 0.29) is 12.1 Å². The van der Waals surface area contributed by atoms with Crippen LogP contribution in [0.2, 0.25) is 5.02 Å². The predicted molar refractivity (Wildman–Crippen MR) is 132 cm³/mol. The molecule has 0 unspecified atom stereocenters. The first kappa shape index (κ1) is 23.4. The third kappa shape index (κ3) is 3.88. The molecule has 1 fully saturated rings. The van der Waals surface area contributed by atoms with Crippen LogP contribution in [0.25, 0.3) is 0 Å². The van der Waals surface area contributed by atoms with E-state index in [1.807, 2.05) is 0 Å². The number of carbonyl (C=O) groups is 2. The lowest BCUT2D eigenvalue weighted by Crippen LogP contribution is -2.51. The van der Waals surface area contributed by atoms with Gasteiger partial charge < -0.3 is 15.0 Å². The first-order chi connectivity index (χ1) is 16.8. The quantitative estimate of drug-likeness (QED) is 0.491. The van der Waals surface area contributed by atoms with Crippen LogP contribution in [0.1, 0.15) is 11.1 Å². The first-order valence-electron chi connectivity index (χ1n) is 10.8. The molecule has 0 aromatic heterocycles. The number of nitrogens with zero attached hydrogens (tertiary/aromatic N) is 2. The molecule has 2 aliphatic heterocycles. The van der Waals surface area contributed by atoms with Crippen molar-refractivity contribution in [1.82, 2.24) is 4.90 Å². The predicted octanol–water partition coefficient (Wildman–Crippen LogP) is 5.61. The van der Waals surface area contributed by atoms with Crippen LogP contribution in [-0.4, -0.2) is 36.2 Å². The van der Waals surface area contributed by atoms with Gasteiger partial charge in [0.25, 0.3) is 5.91 Å². The van der Waals surface area contributed by atoms with Crippen LogP contribution in [0.4, 0.5) is 25.0 Å². The number of nitrogens with one attached hydrogen (secondary N) is 1. The van der Waals surface area contributed by atoms with Crippen molar-refractivity contribution in [2.45, 2.75) is 11.4 Å². The number of amides is 3. The SMILES string of the molecule is COc1ccc2c(c1)[C@]1(SCCN1C(=O)Nc1ccc(Cl)cc1)C(=O)N2Cc1c(F)cccc1F. The van der Waals surface area contributed by atoms with Crippen LogP contribution in [0.15, 0.2) is 60.7 Å². The molecule has 3 amide bonds. The standard InChI is InChI=1S/C25H20ClF2N3O3S/c1-34-17-9-10-22-19(13-17)25(23(32)30(22)14-18-20(27)3-2-4-21(18)28)31(11-12-35-25)24(33)29-16-7-5-15(26)6-8-16/h2-10,13H,11-12,14H2,1H3,(H,29,33)/t25-/m0/s1. The van der Waals surface area contributed by atoms with Crippen LogP contribution in [0.5, 0.6) is 5.75 Å². The summed E-state index contributed by atoms with van der Waals surface area (Å²) in [6, 6.07) is 14.8. The van der Waals surface area contributed by atoms with Gasteiger partial charge in [0.2, 0.25) is 0 Å². The van der Waals surface area contributed by atoms with Crippen LogP contribution >= 0.6 is 23.4 Å². The van der Waals surface area contributed by atoms with Crippen LogP contribution < -0.4 is 15.0 Å². The summed E-state index contributed by atoms with van der Waals surface area (Å²) in [5, 5.41) is 3.35. The topological polar surface area (TPSA) is 61.9 Å². The third-order valence-corrected chi connectivity index (χ3v) is 7.79. The average molecular weight is 516 g/mol. The molecule has 0 aliphatic carbocycles. The van der Waals surface area contributed by atoms with Gasteiger partial charge in [-0.15, -0.1) is 11.8 Å². The van der Waals surface area contributed by atoms with Gasteiger partial charge >= 0.3 is 6.03 Å². The highest BCUT2D eigenvalue weighted by molar-refractivity contribution is 8.01. The molecular weight excluding hydrogens is 496 g/mol. The fourth-order valence-corrected chi connectivity index (χ4v) is 6.02. The molecule has 3 aromatic rings. The zero-order chi connectivity index (χ0) is 24.7. The number of urea groups is 1. The molecule has 6 nitrogen and oxygen atoms in total. The smallest absolute Gasteiger partial charge is 0.323 e. The van der Waals surface area contributed by atoms with Gasteiger partial charge in [-0.3, -0.25) is 9.69 Å². The number of fused-ring (bicyclic) bond motifs is 2. The molecule has 1 saturated heterocycles. The molecule has 0 radical (unpaired) electrons. The molecule has 0 saturated carbocycles. The number of halogens is 3. The van der Waals surface area contributed by atoms with Crippen molar-refractivity contribution in [2.75, 3.05) is 29.6 Å². The van der Waals surface area contributed by atoms with E-state index in [1.165, 1.54) is 34.7 Å². The summed E-state index contributed by atoms with van der Waals surface area (Å²) in [6.45, 7) is -0.0139. The van der Waals surface area contributed by atoms with E-state index in [4.69, 9.17) is 16.3 Å². The van der Waals surface area contributed by atoms with E-state index in [0.29, 0.717) is 40.0 Å². The normalized spacial score (nSPS) is 18.8. The zero-order valence-electron chi connectivity index (χ0n) is 18.6. The number of benzene rings is 3. The minimum absolute atomic E-state index is 0.222. The lowest BCUT2D eigenvalue weighted by Gasteiger charge is -2.33. The number of methoxy groups -OCH3 is 1. The molecule has 2 aliphatic rings. The third-order valence-electron chi connectivity index (χ3n) is 6.12. The number of ether oxygens (including phenoxy) is 1. The molecule has 1 N–H and O–H groups in total. The van der Waals surface area contributed by atoms with Gasteiger partial charge in [-0.25, -0.2) is 13.6 Å². The molecule has 1 spiro atoms. The molecule has 2 heterocycles. The maximum absolute atomic E-state index is 14.5. The van der Waals surface area contributed by atoms with Gasteiger partial charge in [0, 0.05) is 34.1 Å². The zero-order valence-corrected chi connectivity index (χ0v) is 20.1. The van der Waals surface area contributed by atoms with Crippen LogP contribution in [0.3, 0.4) is 0 Å². The number of hydrogen-bond acceptors (Lipinski definition) is 4. The number of rotatable bonds is 4. The fourth-order valence-electron chi connectivity index (χ4n) is 4.44. The van der Waals surface area contributed by atoms with Gasteiger partial charge in [-0.05, 0) is 54.6 Å². The maximum Gasteiger partial charge on any atom is 0.323 e. The maximum atomic E-state index is 14.5. The monoisotopic (exact) mass is 515 g/mol. The summed E-state index contributed by atoms with van der Waals surface area (Å²) in [7, 11) is 1.50. The number of thioether (sulfide) groups is 1. The van der Waals surface area contributed by atoms with Crippen molar-refractivity contribution in [2.24, 2.45) is 0 Å². The van der Waals surface area contributed by atoms with E-state index in [0.717, 1.165) is 12.1 Å². The molecule has 3 aromatic carbocycles. The molecule has 5 rings (SSSR count). The average Bonchev–Trinajstić information content (AvgIpc) is 3.39. The Morgan fingerprint density at radius 3 is 2.54 bits per heavy atom. The Morgan fingerprint density at radius 2 is 1.86 bits per heavy atom. The number of carbonyl (C=O) groups excluding carboxylic acids is 2. The van der Waals surface area contributed by atoms with Gasteiger partial charge in [0.1, 0.15) is 17.4 Å². The van der Waals surface area contributed by atoms with Crippen molar-refractivity contribution in [1.29, 1.82) is 0 Å². The lowest BCUT2D eigenvalue weighted by molar-refractivity contribution is -0.123. The summed E-state index contributed by atoms with van der Waals surface area (Å²) in [4.78, 5) is 28.8. The second-order valence-corrected chi connectivity index (χ2v) is 9.78. The van der Waals surface area contributed by atoms with Crippen molar-refractivity contribution in [3.05, 3.63) is 88.4 Å². The highest BCUT2D eigenvalue weighted by Gasteiger charge is 2.59. The Balaban J connectivity index is 1.56. The summed E-state index contributed by atoms with van der Waals surface area (Å²) in [6.07, 6.45) is 0. The van der Waals surface area contributed by atoms with Gasteiger partial charge in [0.15, 0.2) is 4.87 Å². The molecule has 180 valence electrons. The van der Waals surface area contributed by atoms with E-state index in [9.17, 15) is 18.4 Å². The molecule has 35 heavy (non-hydrogen) atoms. The first-order valence-corrected chi connectivity index (χ1v) is 12.1. The summed E-state index contributed by atoms with van der Waals surface area (Å²) in [5.74, 6) is -0.939. The summed E-state index contributed by atoms with van der Waals surface area (Å²) in [5.41, 5.74) is 1.30. The molecule has 10 heteroatoms. The minimum atomic E-state index is -1.40. The molecule has 1 atom stereocenters. The Bertz CT molecular complexity index is 1300. The number of anilines is 2. The Labute approximate surface area is 209 Å². The second-order valence-electron chi connectivity index (χ2n) is 8.06. The van der Waals surface area contributed by atoms with Gasteiger partial charge in [-0.2, -0.15) is 0 Å². The van der Waals surface area contributed by atoms with Gasteiger partial charge in [-0.1, -0.05) is 17.7 Å². The van der Waals surface area contributed by atoms with Crippen molar-refractivity contribution in [3.8, 4) is 5.75 Å². The van der Waals surface area contributed by atoms with E-state index < -0.39 is 28.4 Å². The minimum Gasteiger partial charge on any atom is -0.497 e. The lowest BCUT2D eigenvalue weighted by atomic mass is 10.1. The van der Waals surface area contributed by atoms with Crippen molar-refractivity contribution in [3.63, 3.8) is 0 Å². The summed E-state index contributed by atoms with van der Waals surface area (Å²) < 4.78 is 34.3. The Hall–Kier alpha value is -3.30. The molecule has 0 bridgehead atoms. The van der Waals surface area contributed by atoms with E-state index in [1.54, 1.807) is 42.5 Å². The molecular formula is C25H20ClF2N3O3S. The van der Waals surface area contributed by atoms with Crippen molar-refractivity contribution < 1.29 is 23.1 Å². The van der Waals surface area contributed by atoms with E-state index >= 15 is 0 Å². The highest BCUT2D eigenvalue weighted by atomic mass is 35.5. The van der Waals surface area contributed by atoms with Crippen molar-refractivity contribution >= 4 is 46.7 Å².